The first kappa shape index (κ1) is 19.5. The second kappa shape index (κ2) is 7.21. The van der Waals surface area contributed by atoms with Crippen molar-refractivity contribution >= 4 is 22.9 Å². The Balaban J connectivity index is 1.98. The van der Waals surface area contributed by atoms with Gasteiger partial charge in [-0.15, -0.1) is 0 Å². The summed E-state index contributed by atoms with van der Waals surface area (Å²) in [7, 11) is 3.11. The van der Waals surface area contributed by atoms with E-state index < -0.39 is 23.8 Å². The zero-order valence-electron chi connectivity index (χ0n) is 17.1. The third kappa shape index (κ3) is 2.88. The molecule has 3 aromatic heterocycles. The van der Waals surface area contributed by atoms with E-state index in [2.05, 4.69) is 4.98 Å². The summed E-state index contributed by atoms with van der Waals surface area (Å²) < 4.78 is 15.7. The quantitative estimate of drug-likeness (QED) is 0.455. The molecule has 0 radical (unpaired) electrons. The van der Waals surface area contributed by atoms with Gasteiger partial charge >= 0.3 is 11.7 Å². The highest BCUT2D eigenvalue weighted by Crippen LogP contribution is 2.22. The van der Waals surface area contributed by atoms with Crippen molar-refractivity contribution in [2.75, 3.05) is 13.7 Å². The molecular weight excluding hydrogens is 390 g/mol. The molecule has 156 valence electrons. The Hall–Kier alpha value is -3.82. The minimum atomic E-state index is -0.649. The molecule has 0 saturated heterocycles. The number of fused-ring (bicyclic) bond motifs is 3. The molecule has 0 aliphatic heterocycles. The van der Waals surface area contributed by atoms with Crippen molar-refractivity contribution in [1.82, 2.24) is 23.1 Å². The van der Waals surface area contributed by atoms with Gasteiger partial charge in [0.2, 0.25) is 5.78 Å². The standard InChI is InChI=1S/C20H21N5O5/c1-5-30-15(26)11-24-18(27)16-17(22(3)20(24)28)21-19-23(16)10-12(2)25(19)13-6-8-14(29-4)9-7-13/h6-10H,5,11H2,1-4H3. The molecule has 0 unspecified atom stereocenters. The molecule has 0 aliphatic carbocycles. The topological polar surface area (TPSA) is 102 Å². The zero-order valence-corrected chi connectivity index (χ0v) is 17.1. The van der Waals surface area contributed by atoms with E-state index in [1.54, 1.807) is 24.6 Å². The molecular formula is C20H21N5O5. The van der Waals surface area contributed by atoms with E-state index in [1.165, 1.54) is 11.6 Å². The van der Waals surface area contributed by atoms with Crippen LogP contribution in [0.4, 0.5) is 0 Å². The van der Waals surface area contributed by atoms with Gasteiger partial charge in [-0.1, -0.05) is 0 Å². The van der Waals surface area contributed by atoms with Crippen LogP contribution in [0.2, 0.25) is 0 Å². The molecule has 0 saturated carbocycles. The third-order valence-electron chi connectivity index (χ3n) is 4.95. The average molecular weight is 411 g/mol. The number of benzene rings is 1. The van der Waals surface area contributed by atoms with Crippen LogP contribution in [0.5, 0.6) is 5.75 Å². The van der Waals surface area contributed by atoms with Gasteiger partial charge in [-0.05, 0) is 38.1 Å². The number of methoxy groups -OCH3 is 1. The van der Waals surface area contributed by atoms with Gasteiger partial charge in [0.1, 0.15) is 12.3 Å². The van der Waals surface area contributed by atoms with Gasteiger partial charge < -0.3 is 9.47 Å². The van der Waals surface area contributed by atoms with Crippen LogP contribution in [-0.4, -0.2) is 42.8 Å². The molecule has 3 heterocycles. The summed E-state index contributed by atoms with van der Waals surface area (Å²) in [6.45, 7) is 3.26. The lowest BCUT2D eigenvalue weighted by Crippen LogP contribution is -2.41. The summed E-state index contributed by atoms with van der Waals surface area (Å²) in [6, 6.07) is 7.42. The molecule has 4 aromatic rings. The van der Waals surface area contributed by atoms with Gasteiger partial charge in [-0.25, -0.2) is 9.36 Å². The Morgan fingerprint density at radius 2 is 1.87 bits per heavy atom. The molecule has 0 amide bonds. The summed E-state index contributed by atoms with van der Waals surface area (Å²) in [6.07, 6.45) is 1.77. The van der Waals surface area contributed by atoms with E-state index in [4.69, 9.17) is 9.47 Å². The van der Waals surface area contributed by atoms with Gasteiger partial charge in [0, 0.05) is 24.6 Å². The van der Waals surface area contributed by atoms with Gasteiger partial charge in [-0.3, -0.25) is 23.1 Å². The number of imidazole rings is 2. The second-order valence-corrected chi connectivity index (χ2v) is 6.80. The number of ether oxygens (including phenoxy) is 2. The first-order chi connectivity index (χ1) is 14.4. The number of hydrogen-bond donors (Lipinski definition) is 0. The first-order valence-electron chi connectivity index (χ1n) is 9.37. The van der Waals surface area contributed by atoms with Gasteiger partial charge in [-0.2, -0.15) is 4.98 Å². The molecule has 1 aromatic carbocycles. The number of carbonyl (C=O) groups excluding carboxylic acids is 1. The predicted octanol–water partition coefficient (Wildman–Crippen LogP) is 1.02. The van der Waals surface area contributed by atoms with Crippen molar-refractivity contribution in [3.05, 3.63) is 57.0 Å². The fourth-order valence-electron chi connectivity index (χ4n) is 3.54. The number of nitrogens with zero attached hydrogens (tertiary/aromatic N) is 5. The lowest BCUT2D eigenvalue weighted by molar-refractivity contribution is -0.143. The largest absolute Gasteiger partial charge is 0.497 e. The van der Waals surface area contributed by atoms with Crippen LogP contribution < -0.4 is 16.0 Å². The average Bonchev–Trinajstić information content (AvgIpc) is 3.24. The van der Waals surface area contributed by atoms with Crippen molar-refractivity contribution in [1.29, 1.82) is 0 Å². The fraction of sp³-hybridized carbons (Fsp3) is 0.300. The Morgan fingerprint density at radius 3 is 2.50 bits per heavy atom. The molecule has 0 aliphatic rings. The summed E-state index contributed by atoms with van der Waals surface area (Å²) in [5.74, 6) is 0.551. The maximum absolute atomic E-state index is 13.1. The first-order valence-corrected chi connectivity index (χ1v) is 9.37. The number of aryl methyl sites for hydroxylation is 2. The molecule has 0 N–H and O–H groups in total. The lowest BCUT2D eigenvalue weighted by atomic mass is 10.3. The van der Waals surface area contributed by atoms with Gasteiger partial charge in [0.15, 0.2) is 11.2 Å². The Labute approximate surface area is 170 Å². The van der Waals surface area contributed by atoms with E-state index in [0.29, 0.717) is 5.78 Å². The van der Waals surface area contributed by atoms with Crippen LogP contribution >= 0.6 is 0 Å². The molecule has 10 heteroatoms. The van der Waals surface area contributed by atoms with Crippen LogP contribution in [0.25, 0.3) is 22.6 Å². The van der Waals surface area contributed by atoms with Crippen molar-refractivity contribution in [2.24, 2.45) is 7.05 Å². The van der Waals surface area contributed by atoms with E-state index in [-0.39, 0.29) is 17.8 Å². The Kier molecular flexibility index (Phi) is 4.69. The molecule has 0 atom stereocenters. The van der Waals surface area contributed by atoms with Crippen LogP contribution in [0.1, 0.15) is 12.6 Å². The second-order valence-electron chi connectivity index (χ2n) is 6.80. The number of rotatable bonds is 5. The van der Waals surface area contributed by atoms with Crippen LogP contribution in [0.15, 0.2) is 40.1 Å². The maximum atomic E-state index is 13.1. The number of esters is 1. The molecule has 0 fully saturated rings. The summed E-state index contributed by atoms with van der Waals surface area (Å²) in [4.78, 5) is 42.3. The van der Waals surface area contributed by atoms with Crippen molar-refractivity contribution < 1.29 is 14.3 Å². The fourth-order valence-corrected chi connectivity index (χ4v) is 3.54. The Morgan fingerprint density at radius 1 is 1.17 bits per heavy atom. The summed E-state index contributed by atoms with van der Waals surface area (Å²) >= 11 is 0. The number of aromatic nitrogens is 5. The normalized spacial score (nSPS) is 11.3. The molecule has 0 spiro atoms. The minimum absolute atomic E-state index is 0.164. The SMILES string of the molecule is CCOC(=O)Cn1c(=O)c2c(nc3n(-c4ccc(OC)cc4)c(C)cn23)n(C)c1=O. The molecule has 30 heavy (non-hydrogen) atoms. The maximum Gasteiger partial charge on any atom is 0.333 e. The van der Waals surface area contributed by atoms with E-state index in [1.807, 2.05) is 35.8 Å². The highest BCUT2D eigenvalue weighted by molar-refractivity contribution is 5.77. The molecule has 0 bridgehead atoms. The third-order valence-corrected chi connectivity index (χ3v) is 4.95. The minimum Gasteiger partial charge on any atom is -0.497 e. The van der Waals surface area contributed by atoms with Crippen molar-refractivity contribution in [2.45, 2.75) is 20.4 Å². The lowest BCUT2D eigenvalue weighted by Gasteiger charge is -2.07. The predicted molar refractivity (Wildman–Crippen MR) is 109 cm³/mol. The monoisotopic (exact) mass is 411 g/mol. The van der Waals surface area contributed by atoms with E-state index >= 15 is 0 Å². The molecule has 4 rings (SSSR count). The number of carbonyl (C=O) groups is 1. The van der Waals surface area contributed by atoms with Crippen molar-refractivity contribution in [3.63, 3.8) is 0 Å². The summed E-state index contributed by atoms with van der Waals surface area (Å²) in [5.41, 5.74) is 0.897. The van der Waals surface area contributed by atoms with Crippen LogP contribution in [0, 0.1) is 6.92 Å². The Bertz CT molecular complexity index is 1390. The van der Waals surface area contributed by atoms with Crippen molar-refractivity contribution in [3.8, 4) is 11.4 Å². The van der Waals surface area contributed by atoms with Crippen LogP contribution in [-0.2, 0) is 23.1 Å². The van der Waals surface area contributed by atoms with Gasteiger partial charge in [0.05, 0.1) is 13.7 Å². The van der Waals surface area contributed by atoms with E-state index in [9.17, 15) is 14.4 Å². The van der Waals surface area contributed by atoms with Crippen LogP contribution in [0.3, 0.4) is 0 Å². The molecule has 10 nitrogen and oxygen atoms in total. The van der Waals surface area contributed by atoms with Gasteiger partial charge in [0.25, 0.3) is 5.56 Å². The zero-order chi connectivity index (χ0) is 21.6. The number of hydrogen-bond acceptors (Lipinski definition) is 6. The smallest absolute Gasteiger partial charge is 0.333 e. The highest BCUT2D eigenvalue weighted by atomic mass is 16.5. The summed E-state index contributed by atoms with van der Waals surface area (Å²) in [5, 5.41) is 0. The van der Waals surface area contributed by atoms with E-state index in [0.717, 1.165) is 21.7 Å². The highest BCUT2D eigenvalue weighted by Gasteiger charge is 2.22.